The van der Waals surface area contributed by atoms with Crippen molar-refractivity contribution in [3.05, 3.63) is 41.8 Å². The maximum atomic E-state index is 13.0. The van der Waals surface area contributed by atoms with E-state index < -0.39 is 0 Å². The van der Waals surface area contributed by atoms with E-state index in [4.69, 9.17) is 13.9 Å². The molecule has 152 valence electrons. The van der Waals surface area contributed by atoms with E-state index in [1.165, 1.54) is 23.1 Å². The summed E-state index contributed by atoms with van der Waals surface area (Å²) in [5, 5.41) is 3.94. The van der Waals surface area contributed by atoms with Crippen LogP contribution in [0.25, 0.3) is 21.8 Å². The number of furan rings is 1. The highest BCUT2D eigenvalue weighted by Gasteiger charge is 2.22. The molecule has 8 nitrogen and oxygen atoms in total. The standard InChI is InChI=1S/C20H16N4O4S2/c1-10-16(19(29-2)23-17(21-10)12-4-3-5-26-12)18(25)24-20-22-11-8-13-14(9-15(11)30-20)28-7-6-27-13/h3-5,8-9H,6-7H2,1-2H3,(H,22,24,25). The fourth-order valence-corrected chi connectivity index (χ4v) is 4.64. The molecule has 10 heteroatoms. The molecule has 1 aromatic carbocycles. The number of carbonyl (C=O) groups excluding carboxylic acids is 1. The zero-order chi connectivity index (χ0) is 20.7. The molecule has 0 saturated carbocycles. The molecule has 0 saturated heterocycles. The van der Waals surface area contributed by atoms with Gasteiger partial charge < -0.3 is 13.9 Å². The summed E-state index contributed by atoms with van der Waals surface area (Å²) in [5.41, 5.74) is 1.73. The van der Waals surface area contributed by atoms with Gasteiger partial charge in [0.05, 0.1) is 27.7 Å². The van der Waals surface area contributed by atoms with E-state index >= 15 is 0 Å². The smallest absolute Gasteiger partial charge is 0.262 e. The first kappa shape index (κ1) is 18.9. The van der Waals surface area contributed by atoms with Crippen LogP contribution in [0, 0.1) is 6.92 Å². The predicted octanol–water partition coefficient (Wildman–Crippen LogP) is 4.40. The molecule has 5 rings (SSSR count). The van der Waals surface area contributed by atoms with Crippen molar-refractivity contribution in [3.63, 3.8) is 0 Å². The number of nitrogens with one attached hydrogen (secondary N) is 1. The number of nitrogens with zero attached hydrogens (tertiary/aromatic N) is 3. The lowest BCUT2D eigenvalue weighted by atomic mass is 10.2. The molecule has 0 radical (unpaired) electrons. The van der Waals surface area contributed by atoms with Crippen molar-refractivity contribution in [1.29, 1.82) is 0 Å². The highest BCUT2D eigenvalue weighted by atomic mass is 32.2. The Morgan fingerprint density at radius 1 is 1.17 bits per heavy atom. The lowest BCUT2D eigenvalue weighted by molar-refractivity contribution is 0.102. The Morgan fingerprint density at radius 3 is 2.70 bits per heavy atom. The third-order valence-corrected chi connectivity index (χ3v) is 6.11. The Balaban J connectivity index is 1.46. The van der Waals surface area contributed by atoms with Gasteiger partial charge in [0.15, 0.2) is 28.2 Å². The molecule has 0 aliphatic carbocycles. The first-order valence-electron chi connectivity index (χ1n) is 9.10. The number of benzene rings is 1. The fourth-order valence-electron chi connectivity index (χ4n) is 3.15. The van der Waals surface area contributed by atoms with Gasteiger partial charge in [0, 0.05) is 12.1 Å². The molecule has 0 unspecified atom stereocenters. The number of rotatable bonds is 4. The molecule has 4 aromatic rings. The first-order valence-corrected chi connectivity index (χ1v) is 11.1. The lowest BCUT2D eigenvalue weighted by Gasteiger charge is -2.17. The van der Waals surface area contributed by atoms with Gasteiger partial charge >= 0.3 is 0 Å². The number of aromatic nitrogens is 3. The largest absolute Gasteiger partial charge is 0.486 e. The quantitative estimate of drug-likeness (QED) is 0.368. The zero-order valence-corrected chi connectivity index (χ0v) is 17.7. The molecule has 1 aliphatic rings. The minimum atomic E-state index is -0.306. The fraction of sp³-hybridized carbons (Fsp3) is 0.200. The average molecular weight is 441 g/mol. The Labute approximate surface area is 179 Å². The normalized spacial score (nSPS) is 12.9. The minimum absolute atomic E-state index is 0.306. The van der Waals surface area contributed by atoms with Crippen molar-refractivity contribution in [2.24, 2.45) is 0 Å². The van der Waals surface area contributed by atoms with Crippen molar-refractivity contribution in [2.75, 3.05) is 24.8 Å². The van der Waals surface area contributed by atoms with Crippen LogP contribution >= 0.6 is 23.1 Å². The molecular weight excluding hydrogens is 424 g/mol. The van der Waals surface area contributed by atoms with Crippen LogP contribution in [0.5, 0.6) is 11.5 Å². The van der Waals surface area contributed by atoms with E-state index in [0.717, 1.165) is 10.2 Å². The number of hydrogen-bond acceptors (Lipinski definition) is 9. The van der Waals surface area contributed by atoms with Gasteiger partial charge in [-0.1, -0.05) is 11.3 Å². The maximum absolute atomic E-state index is 13.0. The van der Waals surface area contributed by atoms with Gasteiger partial charge in [-0.15, -0.1) is 11.8 Å². The van der Waals surface area contributed by atoms with Crippen LogP contribution in [-0.2, 0) is 0 Å². The average Bonchev–Trinajstić information content (AvgIpc) is 3.40. The van der Waals surface area contributed by atoms with Crippen molar-refractivity contribution >= 4 is 44.4 Å². The molecule has 4 heterocycles. The maximum Gasteiger partial charge on any atom is 0.262 e. The number of thiazole rings is 1. The number of fused-ring (bicyclic) bond motifs is 2. The second-order valence-electron chi connectivity index (χ2n) is 6.43. The second-order valence-corrected chi connectivity index (χ2v) is 8.26. The van der Waals surface area contributed by atoms with E-state index in [9.17, 15) is 4.79 Å². The summed E-state index contributed by atoms with van der Waals surface area (Å²) in [6, 6.07) is 7.27. The Bertz CT molecular complexity index is 1210. The van der Waals surface area contributed by atoms with Gasteiger partial charge in [-0.25, -0.2) is 15.0 Å². The number of amides is 1. The summed E-state index contributed by atoms with van der Waals surface area (Å²) in [6.07, 6.45) is 3.43. The molecule has 0 spiro atoms. The molecule has 1 amide bonds. The molecular formula is C20H16N4O4S2. The van der Waals surface area contributed by atoms with E-state index in [0.29, 0.717) is 57.7 Å². The van der Waals surface area contributed by atoms with Crippen molar-refractivity contribution < 1.29 is 18.7 Å². The number of ether oxygens (including phenoxy) is 2. The first-order chi connectivity index (χ1) is 14.6. The molecule has 0 atom stereocenters. The highest BCUT2D eigenvalue weighted by Crippen LogP contribution is 2.38. The van der Waals surface area contributed by atoms with Crippen LogP contribution in [0.15, 0.2) is 40.0 Å². The number of aryl methyl sites for hydroxylation is 1. The summed E-state index contributed by atoms with van der Waals surface area (Å²) in [7, 11) is 0. The summed E-state index contributed by atoms with van der Waals surface area (Å²) in [4.78, 5) is 26.5. The van der Waals surface area contributed by atoms with Crippen LogP contribution in [0.4, 0.5) is 5.13 Å². The van der Waals surface area contributed by atoms with Crippen LogP contribution in [-0.4, -0.2) is 40.3 Å². The van der Waals surface area contributed by atoms with Gasteiger partial charge in [-0.05, 0) is 25.3 Å². The summed E-state index contributed by atoms with van der Waals surface area (Å²) in [5.74, 6) is 2.06. The Kier molecular flexibility index (Phi) is 4.80. The van der Waals surface area contributed by atoms with Gasteiger partial charge in [-0.2, -0.15) is 0 Å². The number of thioether (sulfide) groups is 1. The lowest BCUT2D eigenvalue weighted by Crippen LogP contribution is -2.16. The van der Waals surface area contributed by atoms with Crippen molar-refractivity contribution in [1.82, 2.24) is 15.0 Å². The van der Waals surface area contributed by atoms with Gasteiger partial charge in [0.1, 0.15) is 18.2 Å². The third kappa shape index (κ3) is 3.37. The molecule has 0 fully saturated rings. The van der Waals surface area contributed by atoms with Crippen molar-refractivity contribution in [2.45, 2.75) is 11.9 Å². The van der Waals surface area contributed by atoms with E-state index in [1.807, 2.05) is 18.4 Å². The molecule has 0 bridgehead atoms. The summed E-state index contributed by atoms with van der Waals surface area (Å²) >= 11 is 2.75. The molecule has 30 heavy (non-hydrogen) atoms. The zero-order valence-electron chi connectivity index (χ0n) is 16.1. The monoisotopic (exact) mass is 440 g/mol. The SMILES string of the molecule is CSc1nc(-c2ccco2)nc(C)c1C(=O)Nc1nc2cc3c(cc2s1)OCCO3. The highest BCUT2D eigenvalue weighted by molar-refractivity contribution is 7.98. The summed E-state index contributed by atoms with van der Waals surface area (Å²) < 4.78 is 17.5. The van der Waals surface area contributed by atoms with E-state index in [-0.39, 0.29) is 5.91 Å². The van der Waals surface area contributed by atoms with Crippen molar-refractivity contribution in [3.8, 4) is 23.1 Å². The minimum Gasteiger partial charge on any atom is -0.486 e. The van der Waals surface area contributed by atoms with Crippen LogP contribution in [0.1, 0.15) is 16.1 Å². The molecule has 3 aromatic heterocycles. The number of carbonyl (C=O) groups is 1. The predicted molar refractivity (Wildman–Crippen MR) is 115 cm³/mol. The van der Waals surface area contributed by atoms with Gasteiger partial charge in [0.25, 0.3) is 5.91 Å². The van der Waals surface area contributed by atoms with Crippen LogP contribution in [0.2, 0.25) is 0 Å². The van der Waals surface area contributed by atoms with Crippen LogP contribution < -0.4 is 14.8 Å². The van der Waals surface area contributed by atoms with E-state index in [1.54, 1.807) is 25.3 Å². The van der Waals surface area contributed by atoms with Crippen LogP contribution in [0.3, 0.4) is 0 Å². The number of anilines is 1. The second kappa shape index (κ2) is 7.62. The van der Waals surface area contributed by atoms with Gasteiger partial charge in [0.2, 0.25) is 0 Å². The molecule has 1 N–H and O–H groups in total. The van der Waals surface area contributed by atoms with E-state index in [2.05, 4.69) is 20.3 Å². The molecule has 1 aliphatic heterocycles. The third-order valence-electron chi connectivity index (χ3n) is 4.49. The number of hydrogen-bond donors (Lipinski definition) is 1. The Hall–Kier alpha value is -3.11. The summed E-state index contributed by atoms with van der Waals surface area (Å²) in [6.45, 7) is 2.81. The van der Waals surface area contributed by atoms with Gasteiger partial charge in [-0.3, -0.25) is 10.1 Å². The Morgan fingerprint density at radius 2 is 1.97 bits per heavy atom. The topological polar surface area (TPSA) is 99.4 Å².